The molecule has 0 saturated carbocycles. The van der Waals surface area contributed by atoms with Crippen LogP contribution in [-0.4, -0.2) is 39.6 Å². The van der Waals surface area contributed by atoms with E-state index in [2.05, 4.69) is 15.2 Å². The molecule has 0 aliphatic carbocycles. The lowest BCUT2D eigenvalue weighted by Crippen LogP contribution is -2.39. The van der Waals surface area contributed by atoms with Crippen LogP contribution in [0.4, 0.5) is 0 Å². The first-order valence-corrected chi connectivity index (χ1v) is 7.10. The third-order valence-electron chi connectivity index (χ3n) is 3.83. The largest absolute Gasteiger partial charge is 0.497 e. The molecule has 21 heavy (non-hydrogen) atoms. The van der Waals surface area contributed by atoms with Crippen molar-refractivity contribution in [1.82, 2.24) is 20.1 Å². The summed E-state index contributed by atoms with van der Waals surface area (Å²) in [6.45, 7) is 0.738. The SMILES string of the molecule is COc1cccc(C(=O)N2CCCCC2c2ncn[nH]2)c1. The molecular weight excluding hydrogens is 268 g/mol. The van der Waals surface area contributed by atoms with E-state index in [1.165, 1.54) is 6.33 Å². The van der Waals surface area contributed by atoms with E-state index in [1.807, 2.05) is 23.1 Å². The Morgan fingerprint density at radius 2 is 2.33 bits per heavy atom. The number of amides is 1. The smallest absolute Gasteiger partial charge is 0.254 e. The zero-order valence-electron chi connectivity index (χ0n) is 12.0. The number of H-pyrrole nitrogens is 1. The Balaban J connectivity index is 1.87. The van der Waals surface area contributed by atoms with Crippen molar-refractivity contribution in [2.24, 2.45) is 0 Å². The molecular formula is C15H18N4O2. The normalized spacial score (nSPS) is 18.5. The average molecular weight is 286 g/mol. The highest BCUT2D eigenvalue weighted by Crippen LogP contribution is 2.30. The Labute approximate surface area is 123 Å². The maximum absolute atomic E-state index is 12.8. The van der Waals surface area contributed by atoms with Gasteiger partial charge in [-0.05, 0) is 37.5 Å². The van der Waals surface area contributed by atoms with Crippen molar-refractivity contribution in [3.8, 4) is 5.75 Å². The van der Waals surface area contributed by atoms with Gasteiger partial charge < -0.3 is 9.64 Å². The molecule has 1 N–H and O–H groups in total. The minimum absolute atomic E-state index is 0.00926. The molecule has 1 aromatic heterocycles. The summed E-state index contributed by atoms with van der Waals surface area (Å²) >= 11 is 0. The average Bonchev–Trinajstić information content (AvgIpc) is 3.08. The molecule has 1 amide bonds. The lowest BCUT2D eigenvalue weighted by Gasteiger charge is -2.34. The predicted octanol–water partition coefficient (Wildman–Crippen LogP) is 2.18. The number of ether oxygens (including phenoxy) is 1. The van der Waals surface area contributed by atoms with Crippen molar-refractivity contribution in [3.05, 3.63) is 42.0 Å². The first kappa shape index (κ1) is 13.6. The van der Waals surface area contributed by atoms with Gasteiger partial charge in [0.15, 0.2) is 0 Å². The second-order valence-corrected chi connectivity index (χ2v) is 5.11. The molecule has 6 nitrogen and oxygen atoms in total. The van der Waals surface area contributed by atoms with Gasteiger partial charge in [-0.1, -0.05) is 6.07 Å². The fourth-order valence-corrected chi connectivity index (χ4v) is 2.76. The number of carbonyl (C=O) groups excluding carboxylic acids is 1. The number of rotatable bonds is 3. The van der Waals surface area contributed by atoms with Gasteiger partial charge in [-0.15, -0.1) is 0 Å². The van der Waals surface area contributed by atoms with E-state index >= 15 is 0 Å². The summed E-state index contributed by atoms with van der Waals surface area (Å²) in [7, 11) is 1.60. The molecule has 2 aromatic rings. The van der Waals surface area contributed by atoms with Gasteiger partial charge in [0.25, 0.3) is 5.91 Å². The highest BCUT2D eigenvalue weighted by molar-refractivity contribution is 5.94. The molecule has 110 valence electrons. The number of nitrogens with one attached hydrogen (secondary N) is 1. The highest BCUT2D eigenvalue weighted by Gasteiger charge is 2.30. The minimum atomic E-state index is -0.0278. The van der Waals surface area contributed by atoms with Crippen LogP contribution < -0.4 is 4.74 Å². The Hall–Kier alpha value is -2.37. The molecule has 1 aliphatic rings. The van der Waals surface area contributed by atoms with Crippen LogP contribution >= 0.6 is 0 Å². The van der Waals surface area contributed by atoms with Crippen LogP contribution in [0.5, 0.6) is 5.75 Å². The van der Waals surface area contributed by atoms with E-state index in [-0.39, 0.29) is 11.9 Å². The van der Waals surface area contributed by atoms with E-state index in [1.54, 1.807) is 13.2 Å². The predicted molar refractivity (Wildman–Crippen MR) is 77.0 cm³/mol. The Bertz CT molecular complexity index is 612. The van der Waals surface area contributed by atoms with Gasteiger partial charge in [0.05, 0.1) is 13.2 Å². The lowest BCUT2D eigenvalue weighted by atomic mass is 10.00. The third kappa shape index (κ3) is 2.74. The molecule has 0 bridgehead atoms. The van der Waals surface area contributed by atoms with Gasteiger partial charge in [0.1, 0.15) is 17.9 Å². The van der Waals surface area contributed by atoms with Crippen LogP contribution in [0.2, 0.25) is 0 Å². The number of piperidine rings is 1. The van der Waals surface area contributed by atoms with Gasteiger partial charge >= 0.3 is 0 Å². The Kier molecular flexibility index (Phi) is 3.85. The van der Waals surface area contributed by atoms with Gasteiger partial charge in [-0.25, -0.2) is 4.98 Å². The van der Waals surface area contributed by atoms with Gasteiger partial charge in [-0.3, -0.25) is 9.89 Å². The number of hydrogen-bond donors (Lipinski definition) is 1. The summed E-state index contributed by atoms with van der Waals surface area (Å²) < 4.78 is 5.19. The summed E-state index contributed by atoms with van der Waals surface area (Å²) in [6.07, 6.45) is 4.50. The topological polar surface area (TPSA) is 71.1 Å². The molecule has 0 spiro atoms. The number of nitrogens with zero attached hydrogens (tertiary/aromatic N) is 3. The fourth-order valence-electron chi connectivity index (χ4n) is 2.76. The number of methoxy groups -OCH3 is 1. The number of hydrogen-bond acceptors (Lipinski definition) is 4. The third-order valence-corrected chi connectivity index (χ3v) is 3.83. The summed E-state index contributed by atoms with van der Waals surface area (Å²) in [4.78, 5) is 18.9. The van der Waals surface area contributed by atoms with Crippen LogP contribution in [0, 0.1) is 0 Å². The van der Waals surface area contributed by atoms with E-state index < -0.39 is 0 Å². The summed E-state index contributed by atoms with van der Waals surface area (Å²) in [6, 6.07) is 7.23. The second-order valence-electron chi connectivity index (χ2n) is 5.11. The molecule has 1 aliphatic heterocycles. The quantitative estimate of drug-likeness (QED) is 0.938. The van der Waals surface area contributed by atoms with Crippen LogP contribution in [-0.2, 0) is 0 Å². The van der Waals surface area contributed by atoms with Crippen molar-refractivity contribution >= 4 is 5.91 Å². The molecule has 1 unspecified atom stereocenters. The first-order valence-electron chi connectivity index (χ1n) is 7.10. The van der Waals surface area contributed by atoms with E-state index in [0.29, 0.717) is 11.3 Å². The highest BCUT2D eigenvalue weighted by atomic mass is 16.5. The maximum Gasteiger partial charge on any atom is 0.254 e. The monoisotopic (exact) mass is 286 g/mol. The second kappa shape index (κ2) is 5.95. The van der Waals surface area contributed by atoms with Crippen LogP contribution in [0.15, 0.2) is 30.6 Å². The van der Waals surface area contributed by atoms with Crippen LogP contribution in [0.25, 0.3) is 0 Å². The summed E-state index contributed by atoms with van der Waals surface area (Å²) in [5.41, 5.74) is 0.640. The molecule has 1 atom stereocenters. The van der Waals surface area contributed by atoms with E-state index in [4.69, 9.17) is 4.74 Å². The van der Waals surface area contributed by atoms with Crippen molar-refractivity contribution in [2.45, 2.75) is 25.3 Å². The number of aromatic amines is 1. The van der Waals surface area contributed by atoms with E-state index in [0.717, 1.165) is 31.6 Å². The van der Waals surface area contributed by atoms with Crippen LogP contribution in [0.3, 0.4) is 0 Å². The molecule has 3 rings (SSSR count). The Morgan fingerprint density at radius 1 is 1.43 bits per heavy atom. The summed E-state index contributed by atoms with van der Waals surface area (Å²) in [5.74, 6) is 1.45. The van der Waals surface area contributed by atoms with Gasteiger partial charge in [0.2, 0.25) is 0 Å². The lowest BCUT2D eigenvalue weighted by molar-refractivity contribution is 0.0600. The Morgan fingerprint density at radius 3 is 3.10 bits per heavy atom. The number of carbonyl (C=O) groups is 1. The molecule has 0 radical (unpaired) electrons. The zero-order valence-corrected chi connectivity index (χ0v) is 12.0. The van der Waals surface area contributed by atoms with Gasteiger partial charge in [-0.2, -0.15) is 5.10 Å². The molecule has 6 heteroatoms. The minimum Gasteiger partial charge on any atom is -0.497 e. The van der Waals surface area contributed by atoms with Crippen LogP contribution in [0.1, 0.15) is 41.5 Å². The van der Waals surface area contributed by atoms with Crippen molar-refractivity contribution in [3.63, 3.8) is 0 Å². The molecule has 2 heterocycles. The molecule has 1 saturated heterocycles. The maximum atomic E-state index is 12.8. The molecule has 1 fully saturated rings. The fraction of sp³-hybridized carbons (Fsp3) is 0.400. The van der Waals surface area contributed by atoms with Crippen molar-refractivity contribution < 1.29 is 9.53 Å². The zero-order chi connectivity index (χ0) is 14.7. The van der Waals surface area contributed by atoms with E-state index in [9.17, 15) is 4.79 Å². The van der Waals surface area contributed by atoms with Gasteiger partial charge in [0, 0.05) is 12.1 Å². The first-order chi connectivity index (χ1) is 10.3. The number of aromatic nitrogens is 3. The molecule has 1 aromatic carbocycles. The number of likely N-dealkylation sites (tertiary alicyclic amines) is 1. The standard InChI is InChI=1S/C15H18N4O2/c1-21-12-6-4-5-11(9-12)15(20)19-8-3-2-7-13(19)14-16-10-17-18-14/h4-6,9-10,13H,2-3,7-8H2,1H3,(H,16,17,18). The summed E-state index contributed by atoms with van der Waals surface area (Å²) in [5, 5.41) is 6.78. The number of benzene rings is 1. The van der Waals surface area contributed by atoms with Crippen molar-refractivity contribution in [1.29, 1.82) is 0 Å². The van der Waals surface area contributed by atoms with Crippen molar-refractivity contribution in [2.75, 3.05) is 13.7 Å².